The highest BCUT2D eigenvalue weighted by atomic mass is 127. The van der Waals surface area contributed by atoms with Crippen LogP contribution in [-0.4, -0.2) is 64.8 Å². The summed E-state index contributed by atoms with van der Waals surface area (Å²) in [5, 5.41) is 6.89. The Kier molecular flexibility index (Phi) is 10.8. The highest BCUT2D eigenvalue weighted by Crippen LogP contribution is 2.12. The maximum atomic E-state index is 11.5. The first-order valence-corrected chi connectivity index (χ1v) is 11.7. The standard InChI is InChI=1S/C20H34N4O2S.HI/c1-16(2)15-24-13-10-18(11-14-24)23-20(21-3)22-12-9-17-5-7-19(8-6-17)27(4,25)26;/h5-8,16,18H,9-15H2,1-4H3,(H2,21,22,23);1H. The van der Waals surface area contributed by atoms with Gasteiger partial charge in [0.15, 0.2) is 15.8 Å². The fourth-order valence-electron chi connectivity index (χ4n) is 3.39. The van der Waals surface area contributed by atoms with Crippen molar-refractivity contribution in [1.29, 1.82) is 0 Å². The molecule has 1 fully saturated rings. The largest absolute Gasteiger partial charge is 0.356 e. The van der Waals surface area contributed by atoms with Crippen molar-refractivity contribution >= 4 is 39.8 Å². The smallest absolute Gasteiger partial charge is 0.191 e. The van der Waals surface area contributed by atoms with Crippen molar-refractivity contribution in [2.24, 2.45) is 10.9 Å². The molecule has 0 radical (unpaired) electrons. The molecule has 1 aromatic rings. The maximum Gasteiger partial charge on any atom is 0.191 e. The van der Waals surface area contributed by atoms with Crippen LogP contribution < -0.4 is 10.6 Å². The number of halogens is 1. The van der Waals surface area contributed by atoms with Gasteiger partial charge in [-0.15, -0.1) is 24.0 Å². The molecular weight excluding hydrogens is 487 g/mol. The SMILES string of the molecule is CN=C(NCCc1ccc(S(C)(=O)=O)cc1)NC1CCN(CC(C)C)CC1.I. The quantitative estimate of drug-likeness (QED) is 0.327. The van der Waals surface area contributed by atoms with E-state index in [1.807, 2.05) is 12.1 Å². The van der Waals surface area contributed by atoms with Gasteiger partial charge in [-0.2, -0.15) is 0 Å². The van der Waals surface area contributed by atoms with Crippen LogP contribution in [0.1, 0.15) is 32.3 Å². The minimum Gasteiger partial charge on any atom is -0.356 e. The lowest BCUT2D eigenvalue weighted by Gasteiger charge is -2.34. The van der Waals surface area contributed by atoms with Gasteiger partial charge in [0.05, 0.1) is 4.90 Å². The third-order valence-corrected chi connectivity index (χ3v) is 5.96. The van der Waals surface area contributed by atoms with E-state index in [-0.39, 0.29) is 24.0 Å². The van der Waals surface area contributed by atoms with Gasteiger partial charge in [-0.25, -0.2) is 8.42 Å². The second-order valence-corrected chi connectivity index (χ2v) is 9.79. The highest BCUT2D eigenvalue weighted by Gasteiger charge is 2.20. The Labute approximate surface area is 187 Å². The predicted octanol–water partition coefficient (Wildman–Crippen LogP) is 2.54. The minimum absolute atomic E-state index is 0. The van der Waals surface area contributed by atoms with Crippen LogP contribution in [0.3, 0.4) is 0 Å². The summed E-state index contributed by atoms with van der Waals surface area (Å²) in [5.74, 6) is 1.56. The van der Waals surface area contributed by atoms with Crippen molar-refractivity contribution in [3.63, 3.8) is 0 Å². The molecule has 1 saturated heterocycles. The van der Waals surface area contributed by atoms with Crippen molar-refractivity contribution in [2.75, 3.05) is 39.5 Å². The van der Waals surface area contributed by atoms with Gasteiger partial charge in [-0.3, -0.25) is 4.99 Å². The molecule has 1 heterocycles. The molecular formula is C20H35IN4O2S. The molecule has 0 unspecified atom stereocenters. The van der Waals surface area contributed by atoms with E-state index < -0.39 is 9.84 Å². The Morgan fingerprint density at radius 1 is 1.21 bits per heavy atom. The van der Waals surface area contributed by atoms with Crippen molar-refractivity contribution in [1.82, 2.24) is 15.5 Å². The normalized spacial score (nSPS) is 16.7. The van der Waals surface area contributed by atoms with Crippen LogP contribution in [0.25, 0.3) is 0 Å². The Morgan fingerprint density at radius 3 is 2.32 bits per heavy atom. The Morgan fingerprint density at radius 2 is 1.82 bits per heavy atom. The molecule has 1 aliphatic heterocycles. The van der Waals surface area contributed by atoms with Gasteiger partial charge in [0.2, 0.25) is 0 Å². The van der Waals surface area contributed by atoms with Crippen LogP contribution in [0.4, 0.5) is 0 Å². The molecule has 0 atom stereocenters. The molecule has 1 aromatic carbocycles. The molecule has 1 aliphatic rings. The second kappa shape index (κ2) is 12.0. The third kappa shape index (κ3) is 8.65. The molecule has 0 aliphatic carbocycles. The zero-order valence-corrected chi connectivity index (χ0v) is 20.6. The zero-order valence-electron chi connectivity index (χ0n) is 17.4. The van der Waals surface area contributed by atoms with Crippen LogP contribution >= 0.6 is 24.0 Å². The zero-order chi connectivity index (χ0) is 19.9. The molecule has 0 bridgehead atoms. The number of nitrogens with zero attached hydrogens (tertiary/aromatic N) is 2. The highest BCUT2D eigenvalue weighted by molar-refractivity contribution is 14.0. The molecule has 0 aromatic heterocycles. The lowest BCUT2D eigenvalue weighted by atomic mass is 10.0. The van der Waals surface area contributed by atoms with E-state index in [1.165, 1.54) is 12.8 Å². The van der Waals surface area contributed by atoms with Crippen LogP contribution in [0.2, 0.25) is 0 Å². The average molecular weight is 522 g/mol. The summed E-state index contributed by atoms with van der Waals surface area (Å²) in [7, 11) is -1.34. The summed E-state index contributed by atoms with van der Waals surface area (Å²) in [4.78, 5) is 7.23. The van der Waals surface area contributed by atoms with Crippen LogP contribution in [0.5, 0.6) is 0 Å². The van der Waals surface area contributed by atoms with Crippen molar-refractivity contribution < 1.29 is 8.42 Å². The number of benzene rings is 1. The van der Waals surface area contributed by atoms with Crippen LogP contribution in [0.15, 0.2) is 34.2 Å². The number of rotatable bonds is 7. The molecule has 28 heavy (non-hydrogen) atoms. The van der Waals surface area contributed by atoms with E-state index >= 15 is 0 Å². The molecule has 0 spiro atoms. The van der Waals surface area contributed by atoms with Gasteiger partial charge in [0.1, 0.15) is 0 Å². The van der Waals surface area contributed by atoms with Gasteiger partial charge in [0.25, 0.3) is 0 Å². The summed E-state index contributed by atoms with van der Waals surface area (Å²) in [5.41, 5.74) is 1.10. The number of hydrogen-bond donors (Lipinski definition) is 2. The maximum absolute atomic E-state index is 11.5. The lowest BCUT2D eigenvalue weighted by Crippen LogP contribution is -2.49. The molecule has 8 heteroatoms. The summed E-state index contributed by atoms with van der Waals surface area (Å²) < 4.78 is 23.0. The summed E-state index contributed by atoms with van der Waals surface area (Å²) in [6.07, 6.45) is 4.32. The van der Waals surface area contributed by atoms with E-state index in [0.717, 1.165) is 56.3 Å². The molecule has 0 amide bonds. The fourth-order valence-corrected chi connectivity index (χ4v) is 4.02. The Bertz CT molecular complexity index is 712. The average Bonchev–Trinajstić information content (AvgIpc) is 2.61. The van der Waals surface area contributed by atoms with E-state index in [9.17, 15) is 8.42 Å². The monoisotopic (exact) mass is 522 g/mol. The van der Waals surface area contributed by atoms with E-state index in [4.69, 9.17) is 0 Å². The van der Waals surface area contributed by atoms with Crippen molar-refractivity contribution in [3.05, 3.63) is 29.8 Å². The first kappa shape index (κ1) is 25.2. The van der Waals surface area contributed by atoms with Crippen LogP contribution in [-0.2, 0) is 16.3 Å². The predicted molar refractivity (Wildman–Crippen MR) is 127 cm³/mol. The number of aliphatic imine (C=N–C) groups is 1. The van der Waals surface area contributed by atoms with E-state index in [0.29, 0.717) is 10.9 Å². The number of piperidine rings is 1. The first-order chi connectivity index (χ1) is 12.8. The van der Waals surface area contributed by atoms with E-state index in [1.54, 1.807) is 19.2 Å². The van der Waals surface area contributed by atoms with Gasteiger partial charge < -0.3 is 15.5 Å². The Balaban J connectivity index is 0.00000392. The number of guanidine groups is 1. The molecule has 160 valence electrons. The third-order valence-electron chi connectivity index (χ3n) is 4.83. The first-order valence-electron chi connectivity index (χ1n) is 9.76. The molecule has 0 saturated carbocycles. The number of sulfone groups is 1. The van der Waals surface area contributed by atoms with E-state index in [2.05, 4.69) is 34.4 Å². The van der Waals surface area contributed by atoms with Crippen molar-refractivity contribution in [3.8, 4) is 0 Å². The van der Waals surface area contributed by atoms with Crippen molar-refractivity contribution in [2.45, 2.75) is 44.0 Å². The summed E-state index contributed by atoms with van der Waals surface area (Å²) >= 11 is 0. The molecule has 2 rings (SSSR count). The topological polar surface area (TPSA) is 73.8 Å². The fraction of sp³-hybridized carbons (Fsp3) is 0.650. The number of hydrogen-bond acceptors (Lipinski definition) is 4. The number of nitrogens with one attached hydrogen (secondary N) is 2. The lowest BCUT2D eigenvalue weighted by molar-refractivity contribution is 0.187. The summed E-state index contributed by atoms with van der Waals surface area (Å²) in [6, 6.07) is 7.55. The van der Waals surface area contributed by atoms with Gasteiger partial charge in [-0.1, -0.05) is 26.0 Å². The van der Waals surface area contributed by atoms with Gasteiger partial charge >= 0.3 is 0 Å². The molecule has 2 N–H and O–H groups in total. The van der Waals surface area contributed by atoms with Gasteiger partial charge in [0, 0.05) is 45.5 Å². The molecule has 6 nitrogen and oxygen atoms in total. The Hall–Kier alpha value is -0.870. The minimum atomic E-state index is -3.13. The second-order valence-electron chi connectivity index (χ2n) is 7.78. The van der Waals surface area contributed by atoms with Crippen LogP contribution in [0, 0.1) is 5.92 Å². The number of likely N-dealkylation sites (tertiary alicyclic amines) is 1. The summed E-state index contributed by atoms with van der Waals surface area (Å²) in [6.45, 7) is 8.75. The van der Waals surface area contributed by atoms with Gasteiger partial charge in [-0.05, 0) is 42.9 Å².